The molecule has 0 bridgehead atoms. The fraction of sp³-hybridized carbons (Fsp3) is 0.571. The van der Waals surface area contributed by atoms with Gasteiger partial charge in [-0.25, -0.2) is 0 Å². The largest absolute Gasteiger partial charge is 0.469 e. The van der Waals surface area contributed by atoms with E-state index in [4.69, 9.17) is 5.73 Å². The SMILES string of the molecule is COC(=O)CC1(N)CC(=O)NC1=O. The van der Waals surface area contributed by atoms with E-state index in [9.17, 15) is 14.4 Å². The van der Waals surface area contributed by atoms with Gasteiger partial charge in [0.1, 0.15) is 5.54 Å². The van der Waals surface area contributed by atoms with Crippen molar-refractivity contribution in [2.24, 2.45) is 5.73 Å². The molecule has 0 aromatic rings. The summed E-state index contributed by atoms with van der Waals surface area (Å²) in [5.41, 5.74) is 4.11. The van der Waals surface area contributed by atoms with E-state index in [1.807, 2.05) is 5.32 Å². The van der Waals surface area contributed by atoms with Gasteiger partial charge in [0.15, 0.2) is 0 Å². The van der Waals surface area contributed by atoms with Crippen molar-refractivity contribution in [1.82, 2.24) is 5.32 Å². The van der Waals surface area contributed by atoms with Crippen LogP contribution in [0.3, 0.4) is 0 Å². The van der Waals surface area contributed by atoms with Crippen LogP contribution >= 0.6 is 0 Å². The maximum atomic E-state index is 11.1. The van der Waals surface area contributed by atoms with E-state index >= 15 is 0 Å². The van der Waals surface area contributed by atoms with Crippen molar-refractivity contribution in [3.05, 3.63) is 0 Å². The molecule has 1 aliphatic heterocycles. The number of hydrogen-bond acceptors (Lipinski definition) is 5. The first-order chi connectivity index (χ1) is 5.98. The number of hydrogen-bond donors (Lipinski definition) is 2. The number of amides is 2. The Morgan fingerprint density at radius 1 is 1.69 bits per heavy atom. The summed E-state index contributed by atoms with van der Waals surface area (Å²) in [6, 6.07) is 0. The fourth-order valence-electron chi connectivity index (χ4n) is 1.13. The topological polar surface area (TPSA) is 98.5 Å². The van der Waals surface area contributed by atoms with Crippen LogP contribution in [-0.4, -0.2) is 30.4 Å². The number of carbonyl (C=O) groups excluding carboxylic acids is 3. The summed E-state index contributed by atoms with van der Waals surface area (Å²) < 4.78 is 4.35. The molecule has 1 unspecified atom stereocenters. The van der Waals surface area contributed by atoms with Crippen LogP contribution in [0.1, 0.15) is 12.8 Å². The summed E-state index contributed by atoms with van der Waals surface area (Å²) in [5, 5.41) is 2.03. The average molecular weight is 186 g/mol. The molecule has 0 saturated carbocycles. The van der Waals surface area contributed by atoms with E-state index < -0.39 is 23.3 Å². The van der Waals surface area contributed by atoms with E-state index in [2.05, 4.69) is 4.74 Å². The molecule has 3 N–H and O–H groups in total. The number of nitrogens with two attached hydrogens (primary N) is 1. The first-order valence-corrected chi connectivity index (χ1v) is 3.68. The van der Waals surface area contributed by atoms with Crippen LogP contribution in [0, 0.1) is 0 Å². The highest BCUT2D eigenvalue weighted by Gasteiger charge is 2.45. The Labute approximate surface area is 74.4 Å². The summed E-state index contributed by atoms with van der Waals surface area (Å²) in [6.07, 6.45) is -0.442. The predicted octanol–water partition coefficient (Wildman–Crippen LogP) is -1.71. The first kappa shape index (κ1) is 9.66. The van der Waals surface area contributed by atoms with Crippen molar-refractivity contribution in [2.45, 2.75) is 18.4 Å². The Balaban J connectivity index is 2.71. The average Bonchev–Trinajstić information content (AvgIpc) is 2.25. The number of imide groups is 1. The molecular formula is C7H10N2O4. The minimum Gasteiger partial charge on any atom is -0.469 e. The zero-order chi connectivity index (χ0) is 10.1. The second-order valence-electron chi connectivity index (χ2n) is 2.96. The molecule has 1 fully saturated rings. The molecule has 6 nitrogen and oxygen atoms in total. The van der Waals surface area contributed by atoms with Gasteiger partial charge in [0.2, 0.25) is 11.8 Å². The molecule has 1 rings (SSSR count). The van der Waals surface area contributed by atoms with Gasteiger partial charge in [-0.2, -0.15) is 0 Å². The summed E-state index contributed by atoms with van der Waals surface area (Å²) in [6.45, 7) is 0. The van der Waals surface area contributed by atoms with E-state index in [0.29, 0.717) is 0 Å². The molecule has 72 valence electrons. The standard InChI is InChI=1S/C7H10N2O4/c1-13-5(11)3-7(8)2-4(10)9-6(7)12/h2-3,8H2,1H3,(H,9,10,12). The monoisotopic (exact) mass is 186 g/mol. The van der Waals surface area contributed by atoms with Gasteiger partial charge >= 0.3 is 5.97 Å². The third-order valence-electron chi connectivity index (χ3n) is 1.87. The van der Waals surface area contributed by atoms with Gasteiger partial charge in [0.25, 0.3) is 0 Å². The van der Waals surface area contributed by atoms with Gasteiger partial charge in [0, 0.05) is 0 Å². The van der Waals surface area contributed by atoms with Crippen LogP contribution < -0.4 is 11.1 Å². The fourth-order valence-corrected chi connectivity index (χ4v) is 1.13. The molecule has 2 amide bonds. The third kappa shape index (κ3) is 1.83. The van der Waals surface area contributed by atoms with Crippen molar-refractivity contribution in [3.63, 3.8) is 0 Å². The lowest BCUT2D eigenvalue weighted by Crippen LogP contribution is -2.48. The molecule has 1 saturated heterocycles. The van der Waals surface area contributed by atoms with E-state index in [1.165, 1.54) is 7.11 Å². The molecule has 13 heavy (non-hydrogen) atoms. The highest BCUT2D eigenvalue weighted by molar-refractivity contribution is 6.09. The number of methoxy groups -OCH3 is 1. The predicted molar refractivity (Wildman–Crippen MR) is 41.3 cm³/mol. The minimum atomic E-state index is -1.43. The van der Waals surface area contributed by atoms with Crippen LogP contribution in [0.25, 0.3) is 0 Å². The number of esters is 1. The van der Waals surface area contributed by atoms with Gasteiger partial charge in [-0.1, -0.05) is 0 Å². The molecule has 1 atom stereocenters. The van der Waals surface area contributed by atoms with Crippen molar-refractivity contribution in [2.75, 3.05) is 7.11 Å². The zero-order valence-corrected chi connectivity index (χ0v) is 7.12. The number of carbonyl (C=O) groups is 3. The highest BCUT2D eigenvalue weighted by atomic mass is 16.5. The molecule has 1 heterocycles. The Morgan fingerprint density at radius 2 is 2.31 bits per heavy atom. The van der Waals surface area contributed by atoms with Gasteiger partial charge in [-0.15, -0.1) is 0 Å². The van der Waals surface area contributed by atoms with Gasteiger partial charge in [-0.3, -0.25) is 19.7 Å². The van der Waals surface area contributed by atoms with E-state index in [0.717, 1.165) is 0 Å². The zero-order valence-electron chi connectivity index (χ0n) is 7.12. The van der Waals surface area contributed by atoms with Crippen LogP contribution in [0.2, 0.25) is 0 Å². The molecular weight excluding hydrogens is 176 g/mol. The van der Waals surface area contributed by atoms with Crippen LogP contribution in [-0.2, 0) is 19.1 Å². The Morgan fingerprint density at radius 3 is 2.69 bits per heavy atom. The molecule has 1 aliphatic rings. The van der Waals surface area contributed by atoms with Gasteiger partial charge in [0.05, 0.1) is 20.0 Å². The number of nitrogens with one attached hydrogen (secondary N) is 1. The maximum absolute atomic E-state index is 11.1. The van der Waals surface area contributed by atoms with E-state index in [-0.39, 0.29) is 12.8 Å². The number of rotatable bonds is 2. The molecule has 0 aromatic heterocycles. The van der Waals surface area contributed by atoms with Crippen molar-refractivity contribution >= 4 is 17.8 Å². The van der Waals surface area contributed by atoms with Crippen molar-refractivity contribution in [1.29, 1.82) is 0 Å². The normalized spacial score (nSPS) is 27.2. The third-order valence-corrected chi connectivity index (χ3v) is 1.87. The quantitative estimate of drug-likeness (QED) is 0.395. The highest BCUT2D eigenvalue weighted by Crippen LogP contribution is 2.18. The van der Waals surface area contributed by atoms with Crippen LogP contribution in [0.5, 0.6) is 0 Å². The van der Waals surface area contributed by atoms with Crippen molar-refractivity contribution in [3.8, 4) is 0 Å². The summed E-state index contributed by atoms with van der Waals surface area (Å²) in [7, 11) is 1.19. The Bertz CT molecular complexity index is 276. The Kier molecular flexibility index (Phi) is 2.33. The summed E-state index contributed by atoms with van der Waals surface area (Å²) in [4.78, 5) is 32.7. The number of ether oxygens (including phenoxy) is 1. The summed E-state index contributed by atoms with van der Waals surface area (Å²) in [5.74, 6) is -1.69. The van der Waals surface area contributed by atoms with Crippen LogP contribution in [0.15, 0.2) is 0 Å². The van der Waals surface area contributed by atoms with Crippen molar-refractivity contribution < 1.29 is 19.1 Å². The second kappa shape index (κ2) is 3.14. The first-order valence-electron chi connectivity index (χ1n) is 3.68. The molecule has 0 radical (unpaired) electrons. The molecule has 0 spiro atoms. The lowest BCUT2D eigenvalue weighted by atomic mass is 9.95. The smallest absolute Gasteiger partial charge is 0.307 e. The molecule has 0 aliphatic carbocycles. The Hall–Kier alpha value is -1.43. The lowest BCUT2D eigenvalue weighted by Gasteiger charge is -2.16. The van der Waals surface area contributed by atoms with Gasteiger partial charge < -0.3 is 10.5 Å². The molecule has 0 aromatic carbocycles. The van der Waals surface area contributed by atoms with Gasteiger partial charge in [-0.05, 0) is 0 Å². The minimum absolute atomic E-state index is 0.166. The second-order valence-corrected chi connectivity index (χ2v) is 2.96. The maximum Gasteiger partial charge on any atom is 0.307 e. The lowest BCUT2D eigenvalue weighted by molar-refractivity contribution is -0.144. The summed E-state index contributed by atoms with van der Waals surface area (Å²) >= 11 is 0. The molecule has 6 heteroatoms. The van der Waals surface area contributed by atoms with Crippen LogP contribution in [0.4, 0.5) is 0 Å². The van der Waals surface area contributed by atoms with E-state index in [1.54, 1.807) is 0 Å².